The number of fused-ring (bicyclic) bond motifs is 5. The van der Waals surface area contributed by atoms with Crippen LogP contribution in [-0.4, -0.2) is 13.7 Å². The van der Waals surface area contributed by atoms with Crippen molar-refractivity contribution < 1.29 is 4.74 Å². The fourth-order valence-electron chi connectivity index (χ4n) is 7.73. The fourth-order valence-corrected chi connectivity index (χ4v) is 7.73. The van der Waals surface area contributed by atoms with Gasteiger partial charge in [0.1, 0.15) is 0 Å². The minimum Gasteiger partial charge on any atom is -0.384 e. The van der Waals surface area contributed by atoms with E-state index in [4.69, 9.17) is 4.74 Å². The second kappa shape index (κ2) is 5.50. The van der Waals surface area contributed by atoms with E-state index >= 15 is 0 Å². The highest BCUT2D eigenvalue weighted by Crippen LogP contribution is 2.66. The van der Waals surface area contributed by atoms with Crippen molar-refractivity contribution in [1.29, 1.82) is 0 Å². The Hall–Kier alpha value is -0.0400. The summed E-state index contributed by atoms with van der Waals surface area (Å²) in [6, 6.07) is 0. The maximum Gasteiger partial charge on any atom is 0.0490 e. The van der Waals surface area contributed by atoms with Crippen LogP contribution in [0.3, 0.4) is 0 Å². The second-order valence-electron chi connectivity index (χ2n) is 9.84. The third kappa shape index (κ3) is 2.21. The average molecular weight is 305 g/mol. The third-order valence-corrected chi connectivity index (χ3v) is 8.96. The molecule has 0 N–H and O–H groups in total. The first-order valence-electron chi connectivity index (χ1n) is 10.1. The Bertz CT molecular complexity index is 418. The first kappa shape index (κ1) is 15.5. The van der Waals surface area contributed by atoms with Crippen LogP contribution in [0.2, 0.25) is 0 Å². The van der Waals surface area contributed by atoms with E-state index in [1.165, 1.54) is 44.9 Å². The Morgan fingerprint density at radius 1 is 0.909 bits per heavy atom. The van der Waals surface area contributed by atoms with Crippen molar-refractivity contribution in [3.63, 3.8) is 0 Å². The van der Waals surface area contributed by atoms with Gasteiger partial charge < -0.3 is 4.74 Å². The number of ether oxygens (including phenoxy) is 1. The zero-order valence-electron chi connectivity index (χ0n) is 15.1. The fraction of sp³-hybridized carbons (Fsp3) is 1.00. The monoisotopic (exact) mass is 304 g/mol. The molecular weight excluding hydrogens is 268 g/mol. The Balaban J connectivity index is 1.54. The van der Waals surface area contributed by atoms with E-state index in [-0.39, 0.29) is 0 Å². The molecule has 4 aliphatic rings. The maximum atomic E-state index is 5.47. The van der Waals surface area contributed by atoms with E-state index in [2.05, 4.69) is 13.8 Å². The average Bonchev–Trinajstić information content (AvgIpc) is 2.89. The lowest BCUT2D eigenvalue weighted by Gasteiger charge is -2.60. The van der Waals surface area contributed by atoms with Gasteiger partial charge >= 0.3 is 0 Å². The number of hydrogen-bond donors (Lipinski definition) is 0. The summed E-state index contributed by atoms with van der Waals surface area (Å²) in [4.78, 5) is 0. The maximum absolute atomic E-state index is 5.47. The summed E-state index contributed by atoms with van der Waals surface area (Å²) in [5.74, 6) is 5.03. The number of rotatable bonds is 2. The molecule has 0 radical (unpaired) electrons. The van der Waals surface area contributed by atoms with Crippen LogP contribution < -0.4 is 0 Å². The normalized spacial score (nSPS) is 54.4. The van der Waals surface area contributed by atoms with Crippen LogP contribution in [0.5, 0.6) is 0 Å². The minimum absolute atomic E-state index is 0.664. The summed E-state index contributed by atoms with van der Waals surface area (Å²) in [6.07, 6.45) is 15.1. The molecule has 4 aliphatic carbocycles. The molecule has 126 valence electrons. The van der Waals surface area contributed by atoms with E-state index in [1.807, 2.05) is 7.11 Å². The van der Waals surface area contributed by atoms with Crippen LogP contribution in [-0.2, 0) is 4.74 Å². The molecule has 4 rings (SSSR count). The summed E-state index contributed by atoms with van der Waals surface area (Å²) in [7, 11) is 1.88. The SMILES string of the molecule is COCC1CC[C@@]2(C)[C@@H](CC[C@H]3[C@@H]4CCC[C@@]4(C)CC[C@@H]32)C1. The van der Waals surface area contributed by atoms with E-state index in [1.54, 1.807) is 19.3 Å². The summed E-state index contributed by atoms with van der Waals surface area (Å²) >= 11 is 0. The molecule has 0 aromatic carbocycles. The van der Waals surface area contributed by atoms with Gasteiger partial charge in [0.05, 0.1) is 0 Å². The van der Waals surface area contributed by atoms with Crippen LogP contribution in [0.1, 0.15) is 78.1 Å². The van der Waals surface area contributed by atoms with E-state index < -0.39 is 0 Å². The van der Waals surface area contributed by atoms with Gasteiger partial charge in [-0.2, -0.15) is 0 Å². The summed E-state index contributed by atoms with van der Waals surface area (Å²) in [6.45, 7) is 6.32. The lowest BCUT2D eigenvalue weighted by Crippen LogP contribution is -2.52. The van der Waals surface area contributed by atoms with Gasteiger partial charge in [0.2, 0.25) is 0 Å². The van der Waals surface area contributed by atoms with Crippen molar-refractivity contribution in [2.24, 2.45) is 40.4 Å². The second-order valence-corrected chi connectivity index (χ2v) is 9.84. The third-order valence-electron chi connectivity index (χ3n) is 8.96. The smallest absolute Gasteiger partial charge is 0.0490 e. The van der Waals surface area contributed by atoms with Crippen molar-refractivity contribution >= 4 is 0 Å². The Morgan fingerprint density at radius 3 is 2.59 bits per heavy atom. The zero-order chi connectivity index (χ0) is 15.4. The number of hydrogen-bond acceptors (Lipinski definition) is 1. The molecule has 1 unspecified atom stereocenters. The van der Waals surface area contributed by atoms with E-state index in [0.717, 1.165) is 41.6 Å². The Morgan fingerprint density at radius 2 is 1.77 bits per heavy atom. The van der Waals surface area contributed by atoms with Crippen molar-refractivity contribution in [3.8, 4) is 0 Å². The Labute approximate surface area is 137 Å². The van der Waals surface area contributed by atoms with E-state index in [9.17, 15) is 0 Å². The predicted molar refractivity (Wildman–Crippen MR) is 91.7 cm³/mol. The molecular formula is C21H36O. The highest BCUT2D eigenvalue weighted by molar-refractivity contribution is 5.07. The quantitative estimate of drug-likeness (QED) is 0.637. The van der Waals surface area contributed by atoms with Gasteiger partial charge in [-0.25, -0.2) is 0 Å². The van der Waals surface area contributed by atoms with Crippen LogP contribution in [0.25, 0.3) is 0 Å². The predicted octanol–water partition coefficient (Wildman–Crippen LogP) is 5.68. The van der Waals surface area contributed by atoms with Gasteiger partial charge in [0.15, 0.2) is 0 Å². The van der Waals surface area contributed by atoms with E-state index in [0.29, 0.717) is 5.41 Å². The highest BCUT2D eigenvalue weighted by atomic mass is 16.5. The molecule has 22 heavy (non-hydrogen) atoms. The summed E-state index contributed by atoms with van der Waals surface area (Å²) in [5.41, 5.74) is 1.38. The first-order chi connectivity index (χ1) is 10.6. The molecule has 7 atom stereocenters. The van der Waals surface area contributed by atoms with Gasteiger partial charge in [-0.15, -0.1) is 0 Å². The van der Waals surface area contributed by atoms with Gasteiger partial charge in [-0.3, -0.25) is 0 Å². The highest BCUT2D eigenvalue weighted by Gasteiger charge is 2.57. The van der Waals surface area contributed by atoms with Gasteiger partial charge in [-0.1, -0.05) is 20.3 Å². The zero-order valence-corrected chi connectivity index (χ0v) is 15.1. The summed E-state index contributed by atoms with van der Waals surface area (Å²) in [5, 5.41) is 0. The first-order valence-corrected chi connectivity index (χ1v) is 10.1. The van der Waals surface area contributed by atoms with Gasteiger partial charge in [0, 0.05) is 13.7 Å². The van der Waals surface area contributed by atoms with Gasteiger partial charge in [0.25, 0.3) is 0 Å². The molecule has 0 spiro atoms. The van der Waals surface area contributed by atoms with Crippen molar-refractivity contribution in [3.05, 3.63) is 0 Å². The molecule has 0 aliphatic heterocycles. The molecule has 4 fully saturated rings. The van der Waals surface area contributed by atoms with Crippen molar-refractivity contribution in [1.82, 2.24) is 0 Å². The lowest BCUT2D eigenvalue weighted by molar-refractivity contribution is -0.115. The van der Waals surface area contributed by atoms with Crippen LogP contribution in [0.4, 0.5) is 0 Å². The molecule has 0 bridgehead atoms. The molecule has 0 amide bonds. The van der Waals surface area contributed by atoms with Crippen molar-refractivity contribution in [2.75, 3.05) is 13.7 Å². The van der Waals surface area contributed by atoms with Crippen LogP contribution >= 0.6 is 0 Å². The molecule has 1 heteroatoms. The molecule has 0 aromatic heterocycles. The largest absolute Gasteiger partial charge is 0.384 e. The van der Waals surface area contributed by atoms with Crippen LogP contribution in [0, 0.1) is 40.4 Å². The molecule has 1 nitrogen and oxygen atoms in total. The minimum atomic E-state index is 0.664. The molecule has 4 saturated carbocycles. The lowest BCUT2D eigenvalue weighted by atomic mass is 9.45. The topological polar surface area (TPSA) is 9.23 Å². The Kier molecular flexibility index (Phi) is 3.87. The number of methoxy groups -OCH3 is 1. The molecule has 0 saturated heterocycles. The van der Waals surface area contributed by atoms with Crippen molar-refractivity contribution in [2.45, 2.75) is 78.1 Å². The molecule has 0 aromatic rings. The van der Waals surface area contributed by atoms with Crippen LogP contribution in [0.15, 0.2) is 0 Å². The standard InChI is InChI=1S/C21H36O/c1-20-10-4-5-18(20)17-7-6-16-13-15(14-22-3)8-12-21(16,2)19(17)9-11-20/h15-19H,4-14H2,1-3H3/t15?,16-,17-,18-,19-,20-,21-/m0/s1. The molecule has 0 heterocycles. The van der Waals surface area contributed by atoms with Gasteiger partial charge in [-0.05, 0) is 98.2 Å². The summed E-state index contributed by atoms with van der Waals surface area (Å²) < 4.78 is 5.47.